The molecule has 3 rings (SSSR count). The van der Waals surface area contributed by atoms with Crippen LogP contribution in [0.4, 0.5) is 5.95 Å². The lowest BCUT2D eigenvalue weighted by Crippen LogP contribution is -2.43. The van der Waals surface area contributed by atoms with E-state index in [1.807, 2.05) is 0 Å². The molecule has 1 fully saturated rings. The lowest BCUT2D eigenvalue weighted by molar-refractivity contribution is -0.115. The van der Waals surface area contributed by atoms with E-state index in [0.29, 0.717) is 0 Å². The van der Waals surface area contributed by atoms with E-state index in [0.717, 1.165) is 0 Å². The van der Waals surface area contributed by atoms with E-state index < -0.39 is 36.2 Å². The molecule has 10 heteroatoms. The van der Waals surface area contributed by atoms with Crippen molar-refractivity contribution in [2.45, 2.75) is 31.0 Å². The van der Waals surface area contributed by atoms with Gasteiger partial charge in [-0.05, 0) is 6.92 Å². The van der Waals surface area contributed by atoms with Crippen molar-refractivity contribution in [3.8, 4) is 0 Å². The second-order valence-electron chi connectivity index (χ2n) is 5.19. The van der Waals surface area contributed by atoms with E-state index in [2.05, 4.69) is 15.0 Å². The molecule has 2 aromatic rings. The van der Waals surface area contributed by atoms with Gasteiger partial charge in [0.25, 0.3) is 5.56 Å². The summed E-state index contributed by atoms with van der Waals surface area (Å²) in [5, 5.41) is 29.4. The van der Waals surface area contributed by atoms with Crippen LogP contribution < -0.4 is 11.3 Å². The zero-order valence-electron chi connectivity index (χ0n) is 11.1. The van der Waals surface area contributed by atoms with E-state index in [9.17, 15) is 20.1 Å². The van der Waals surface area contributed by atoms with Gasteiger partial charge in [0.15, 0.2) is 17.4 Å². The molecule has 0 bridgehead atoms. The Kier molecular flexibility index (Phi) is 2.99. The summed E-state index contributed by atoms with van der Waals surface area (Å²) in [5.41, 5.74) is 3.80. The topological polar surface area (TPSA) is 160 Å². The summed E-state index contributed by atoms with van der Waals surface area (Å²) in [6.45, 7) is 0.985. The molecule has 21 heavy (non-hydrogen) atoms. The first-order valence-electron chi connectivity index (χ1n) is 6.24. The molecule has 6 N–H and O–H groups in total. The predicted octanol–water partition coefficient (Wildman–Crippen LogP) is -2.30. The maximum absolute atomic E-state index is 11.7. The van der Waals surface area contributed by atoms with Gasteiger partial charge in [-0.3, -0.25) is 14.3 Å². The van der Waals surface area contributed by atoms with Crippen LogP contribution in [0.2, 0.25) is 0 Å². The molecule has 0 aromatic carbocycles. The van der Waals surface area contributed by atoms with Gasteiger partial charge in [-0.1, -0.05) is 0 Å². The number of aliphatic hydroxyl groups excluding tert-OH is 3. The zero-order valence-corrected chi connectivity index (χ0v) is 11.1. The van der Waals surface area contributed by atoms with E-state index >= 15 is 0 Å². The van der Waals surface area contributed by atoms with E-state index in [-0.39, 0.29) is 17.1 Å². The van der Waals surface area contributed by atoms with Crippen molar-refractivity contribution in [1.82, 2.24) is 19.5 Å². The minimum Gasteiger partial charge on any atom is -0.393 e. The molecule has 0 saturated carbocycles. The van der Waals surface area contributed by atoms with Crippen LogP contribution in [-0.4, -0.2) is 59.3 Å². The number of nitrogens with two attached hydrogens (primary N) is 1. The summed E-state index contributed by atoms with van der Waals surface area (Å²) in [7, 11) is 0. The van der Waals surface area contributed by atoms with Gasteiger partial charge < -0.3 is 25.8 Å². The van der Waals surface area contributed by atoms with E-state index in [1.54, 1.807) is 0 Å². The molecule has 1 aliphatic rings. The number of nitrogens with one attached hydrogen (secondary N) is 1. The Morgan fingerprint density at radius 2 is 2.29 bits per heavy atom. The predicted molar refractivity (Wildman–Crippen MR) is 70.2 cm³/mol. The van der Waals surface area contributed by atoms with Crippen molar-refractivity contribution in [3.05, 3.63) is 16.7 Å². The molecule has 1 saturated heterocycles. The number of aromatic nitrogens is 4. The van der Waals surface area contributed by atoms with E-state index in [4.69, 9.17) is 10.5 Å². The van der Waals surface area contributed by atoms with Crippen LogP contribution in [0.25, 0.3) is 11.2 Å². The lowest BCUT2D eigenvalue weighted by Gasteiger charge is -2.24. The highest BCUT2D eigenvalue weighted by Gasteiger charge is 2.52. The third-order valence-electron chi connectivity index (χ3n) is 3.67. The lowest BCUT2D eigenvalue weighted by atomic mass is 9.99. The normalized spacial score (nSPS) is 32.9. The van der Waals surface area contributed by atoms with Gasteiger partial charge >= 0.3 is 0 Å². The second-order valence-corrected chi connectivity index (χ2v) is 5.19. The fourth-order valence-electron chi connectivity index (χ4n) is 2.41. The Bertz CT molecular complexity index is 742. The number of ether oxygens (including phenoxy) is 1. The van der Waals surface area contributed by atoms with Crippen molar-refractivity contribution in [3.63, 3.8) is 0 Å². The largest absolute Gasteiger partial charge is 0.393 e. The zero-order chi connectivity index (χ0) is 15.4. The Hall–Kier alpha value is -2.01. The number of imidazole rings is 1. The highest BCUT2D eigenvalue weighted by Crippen LogP contribution is 2.37. The van der Waals surface area contributed by atoms with Crippen molar-refractivity contribution in [1.29, 1.82) is 0 Å². The third kappa shape index (κ3) is 1.92. The highest BCUT2D eigenvalue weighted by molar-refractivity contribution is 5.70. The van der Waals surface area contributed by atoms with Crippen LogP contribution in [0.1, 0.15) is 13.2 Å². The van der Waals surface area contributed by atoms with Crippen LogP contribution in [-0.2, 0) is 4.74 Å². The summed E-state index contributed by atoms with van der Waals surface area (Å²) in [4.78, 5) is 21.9. The van der Waals surface area contributed by atoms with Gasteiger partial charge in [0.05, 0.1) is 12.9 Å². The van der Waals surface area contributed by atoms with Crippen molar-refractivity contribution in [2.24, 2.45) is 0 Å². The SMILES string of the molecule is C[C@]1(CO)O[C@@H](n2cnc3c(=O)[nH]c(N)nc32)[C@H](O)[C@@H]1O. The maximum atomic E-state index is 11.7. The molecule has 10 nitrogen and oxygen atoms in total. The number of H-pyrrole nitrogens is 1. The molecule has 4 atom stereocenters. The van der Waals surface area contributed by atoms with Gasteiger partial charge in [0.2, 0.25) is 5.95 Å². The Labute approximate surface area is 117 Å². The fraction of sp³-hybridized carbons (Fsp3) is 0.545. The van der Waals surface area contributed by atoms with Gasteiger partial charge in [-0.2, -0.15) is 4.98 Å². The monoisotopic (exact) mass is 297 g/mol. The van der Waals surface area contributed by atoms with Gasteiger partial charge in [0, 0.05) is 0 Å². The Morgan fingerprint density at radius 1 is 1.57 bits per heavy atom. The molecular weight excluding hydrogens is 282 g/mol. The first-order chi connectivity index (χ1) is 9.87. The van der Waals surface area contributed by atoms with Crippen LogP contribution in [0.5, 0.6) is 0 Å². The summed E-state index contributed by atoms with van der Waals surface area (Å²) >= 11 is 0. The fourth-order valence-corrected chi connectivity index (χ4v) is 2.41. The number of rotatable bonds is 2. The highest BCUT2D eigenvalue weighted by atomic mass is 16.6. The van der Waals surface area contributed by atoms with E-state index in [1.165, 1.54) is 17.8 Å². The third-order valence-corrected chi connectivity index (χ3v) is 3.67. The maximum Gasteiger partial charge on any atom is 0.280 e. The molecule has 0 amide bonds. The number of aromatic amines is 1. The summed E-state index contributed by atoms with van der Waals surface area (Å²) in [5.74, 6) is -0.104. The molecule has 0 spiro atoms. The second kappa shape index (κ2) is 4.49. The number of hydrogen-bond acceptors (Lipinski definition) is 8. The number of nitrogens with zero attached hydrogens (tertiary/aromatic N) is 3. The minimum absolute atomic E-state index is 0.0343. The smallest absolute Gasteiger partial charge is 0.280 e. The number of nitrogen functional groups attached to an aromatic ring is 1. The molecular formula is C11H15N5O5. The molecule has 0 unspecified atom stereocenters. The van der Waals surface area contributed by atoms with Gasteiger partial charge in [-0.25, -0.2) is 4.98 Å². The molecule has 3 heterocycles. The molecule has 2 aromatic heterocycles. The average molecular weight is 297 g/mol. The quantitative estimate of drug-likeness (QED) is 0.414. The number of hydrogen-bond donors (Lipinski definition) is 5. The summed E-state index contributed by atoms with van der Waals surface area (Å²) in [6, 6.07) is 0. The van der Waals surface area contributed by atoms with Crippen molar-refractivity contribution < 1.29 is 20.1 Å². The summed E-state index contributed by atoms with van der Waals surface area (Å²) in [6.07, 6.45) is -2.40. The first-order valence-corrected chi connectivity index (χ1v) is 6.24. The Balaban J connectivity index is 2.12. The van der Waals surface area contributed by atoms with Crippen LogP contribution >= 0.6 is 0 Å². The Morgan fingerprint density at radius 3 is 2.90 bits per heavy atom. The van der Waals surface area contributed by atoms with Crippen molar-refractivity contribution >= 4 is 17.1 Å². The molecule has 1 aliphatic heterocycles. The number of anilines is 1. The standard InChI is InChI=1S/C11H15N5O5/c1-11(2-17)6(19)5(18)9(21-11)16-3-13-4-7(16)14-10(12)15-8(4)20/h3,5-6,9,17-19H,2H2,1H3,(H3,12,14,15,20)/t5-,6+,9-,11-/m1/s1. The summed E-state index contributed by atoms with van der Waals surface area (Å²) < 4.78 is 6.84. The minimum atomic E-state index is -1.33. The van der Waals surface area contributed by atoms with Crippen LogP contribution in [0, 0.1) is 0 Å². The first kappa shape index (κ1) is 13.9. The van der Waals surface area contributed by atoms with Gasteiger partial charge in [0.1, 0.15) is 17.8 Å². The number of fused-ring (bicyclic) bond motifs is 1. The van der Waals surface area contributed by atoms with Crippen molar-refractivity contribution in [2.75, 3.05) is 12.3 Å². The van der Waals surface area contributed by atoms with Gasteiger partial charge in [-0.15, -0.1) is 0 Å². The molecule has 0 aliphatic carbocycles. The van der Waals surface area contributed by atoms with Crippen LogP contribution in [0.15, 0.2) is 11.1 Å². The van der Waals surface area contributed by atoms with Crippen LogP contribution in [0.3, 0.4) is 0 Å². The molecule has 0 radical (unpaired) electrons. The average Bonchev–Trinajstić information content (AvgIpc) is 2.95. The molecule has 114 valence electrons. The number of aliphatic hydroxyl groups is 3.